The minimum absolute atomic E-state index is 0.344. The van der Waals surface area contributed by atoms with Crippen LogP contribution in [-0.4, -0.2) is 78.8 Å². The third-order valence-electron chi connectivity index (χ3n) is 6.25. The highest BCUT2D eigenvalue weighted by molar-refractivity contribution is 7.13. The van der Waals surface area contributed by atoms with Crippen LogP contribution in [-0.2, 0) is 14.3 Å². The molecule has 33 heavy (non-hydrogen) atoms. The molecule has 2 atom stereocenters. The number of Topliss-reactive ketones (excluding diaryl/α,β-unsaturated/α-hetero) is 2. The normalized spacial score (nSPS) is 21.6. The van der Waals surface area contributed by atoms with Crippen molar-refractivity contribution in [1.29, 1.82) is 0 Å². The number of carbonyl (C=O) groups is 3. The molecule has 0 radical (unpaired) electrons. The standard InChI is InChI=1S/C24H29N3O5S/c1-15-23(33-16(2)25-15)21(28)19-20(17-7-4-5-8-18(17)31-3)27(24(30)22(19)29)10-6-9-26-11-13-32-14-12-26/h4-5,7-8,19-20H,6,9-14H2,1-3H3. The van der Waals surface area contributed by atoms with E-state index in [2.05, 4.69) is 9.88 Å². The molecule has 0 N–H and O–H groups in total. The fraction of sp³-hybridized carbons (Fsp3) is 0.500. The number of hydrogen-bond acceptors (Lipinski definition) is 8. The van der Waals surface area contributed by atoms with Crippen LogP contribution in [0.3, 0.4) is 0 Å². The summed E-state index contributed by atoms with van der Waals surface area (Å²) in [4.78, 5) is 48.6. The summed E-state index contributed by atoms with van der Waals surface area (Å²) >= 11 is 1.27. The van der Waals surface area contributed by atoms with Crippen LogP contribution in [0.2, 0.25) is 0 Å². The van der Waals surface area contributed by atoms with E-state index in [0.717, 1.165) is 24.6 Å². The molecule has 2 unspecified atom stereocenters. The molecule has 4 rings (SSSR count). The lowest BCUT2D eigenvalue weighted by Crippen LogP contribution is -2.39. The zero-order chi connectivity index (χ0) is 23.5. The molecule has 176 valence electrons. The lowest BCUT2D eigenvalue weighted by atomic mass is 9.87. The molecule has 2 aromatic rings. The lowest BCUT2D eigenvalue weighted by Gasteiger charge is -2.30. The van der Waals surface area contributed by atoms with Crippen LogP contribution in [0.4, 0.5) is 0 Å². The Kier molecular flexibility index (Phi) is 7.21. The first-order chi connectivity index (χ1) is 15.9. The molecule has 8 nitrogen and oxygen atoms in total. The number of thiazole rings is 1. The molecule has 2 aliphatic rings. The molecular weight excluding hydrogens is 442 g/mol. The van der Waals surface area contributed by atoms with Crippen LogP contribution in [0.15, 0.2) is 24.3 Å². The summed E-state index contributed by atoms with van der Waals surface area (Å²) in [6, 6.07) is 6.57. The van der Waals surface area contributed by atoms with Crippen LogP contribution < -0.4 is 4.74 Å². The number of benzene rings is 1. The summed E-state index contributed by atoms with van der Waals surface area (Å²) < 4.78 is 10.9. The van der Waals surface area contributed by atoms with E-state index in [1.807, 2.05) is 25.1 Å². The fourth-order valence-electron chi connectivity index (χ4n) is 4.68. The highest BCUT2D eigenvalue weighted by atomic mass is 32.1. The SMILES string of the molecule is COc1ccccc1C1C(C(=O)c2sc(C)nc2C)C(=O)C(=O)N1CCCN1CCOCC1. The number of ketones is 2. The Morgan fingerprint density at radius 3 is 2.58 bits per heavy atom. The van der Waals surface area contributed by atoms with Crippen molar-refractivity contribution in [1.82, 2.24) is 14.8 Å². The molecule has 0 aliphatic carbocycles. The van der Waals surface area contributed by atoms with Crippen molar-refractivity contribution in [3.8, 4) is 5.75 Å². The minimum Gasteiger partial charge on any atom is -0.496 e. The quantitative estimate of drug-likeness (QED) is 0.332. The van der Waals surface area contributed by atoms with Gasteiger partial charge in [0, 0.05) is 31.7 Å². The summed E-state index contributed by atoms with van der Waals surface area (Å²) in [7, 11) is 1.55. The number of hydrogen-bond donors (Lipinski definition) is 0. The van der Waals surface area contributed by atoms with Crippen LogP contribution >= 0.6 is 11.3 Å². The molecule has 2 saturated heterocycles. The first-order valence-corrected chi connectivity index (χ1v) is 12.0. The summed E-state index contributed by atoms with van der Waals surface area (Å²) in [6.45, 7) is 7.88. The molecule has 9 heteroatoms. The Labute approximate surface area is 197 Å². The number of morpholine rings is 1. The van der Waals surface area contributed by atoms with Gasteiger partial charge in [-0.1, -0.05) is 18.2 Å². The highest BCUT2D eigenvalue weighted by Crippen LogP contribution is 2.42. The van der Waals surface area contributed by atoms with Crippen molar-refractivity contribution in [2.75, 3.05) is 46.5 Å². The predicted octanol–water partition coefficient (Wildman–Crippen LogP) is 2.44. The van der Waals surface area contributed by atoms with Gasteiger partial charge in [0.15, 0.2) is 5.78 Å². The maximum absolute atomic E-state index is 13.6. The van der Waals surface area contributed by atoms with Gasteiger partial charge in [-0.05, 0) is 26.3 Å². The van der Waals surface area contributed by atoms with Crippen molar-refractivity contribution in [3.05, 3.63) is 45.4 Å². The molecular formula is C24H29N3O5S. The lowest BCUT2D eigenvalue weighted by molar-refractivity contribution is -0.140. The number of nitrogens with zero attached hydrogens (tertiary/aromatic N) is 3. The minimum atomic E-state index is -1.12. The summed E-state index contributed by atoms with van der Waals surface area (Å²) in [6.07, 6.45) is 0.699. The number of methoxy groups -OCH3 is 1. The van der Waals surface area contributed by atoms with Crippen molar-refractivity contribution < 1.29 is 23.9 Å². The third kappa shape index (κ3) is 4.71. The van der Waals surface area contributed by atoms with Gasteiger partial charge in [0.1, 0.15) is 11.7 Å². The predicted molar refractivity (Wildman–Crippen MR) is 124 cm³/mol. The Bertz CT molecular complexity index is 1050. The van der Waals surface area contributed by atoms with Gasteiger partial charge >= 0.3 is 0 Å². The van der Waals surface area contributed by atoms with Gasteiger partial charge in [0.25, 0.3) is 5.91 Å². The van der Waals surface area contributed by atoms with Crippen molar-refractivity contribution >= 4 is 28.8 Å². The van der Waals surface area contributed by atoms with Gasteiger partial charge in [-0.25, -0.2) is 4.98 Å². The number of carbonyl (C=O) groups excluding carboxylic acids is 3. The molecule has 2 fully saturated rings. The van der Waals surface area contributed by atoms with Gasteiger partial charge in [-0.15, -0.1) is 11.3 Å². The summed E-state index contributed by atoms with van der Waals surface area (Å²) in [5, 5.41) is 0.754. The molecule has 0 bridgehead atoms. The number of ether oxygens (including phenoxy) is 2. The maximum Gasteiger partial charge on any atom is 0.291 e. The molecule has 1 aromatic carbocycles. The van der Waals surface area contributed by atoms with Gasteiger partial charge in [0.2, 0.25) is 5.78 Å². The van der Waals surface area contributed by atoms with E-state index in [1.165, 1.54) is 11.3 Å². The zero-order valence-electron chi connectivity index (χ0n) is 19.2. The van der Waals surface area contributed by atoms with E-state index in [4.69, 9.17) is 9.47 Å². The highest BCUT2D eigenvalue weighted by Gasteiger charge is 2.52. The van der Waals surface area contributed by atoms with Crippen LogP contribution in [0.25, 0.3) is 0 Å². The van der Waals surface area contributed by atoms with Gasteiger partial charge < -0.3 is 14.4 Å². The Balaban J connectivity index is 1.66. The second kappa shape index (κ2) is 10.1. The monoisotopic (exact) mass is 471 g/mol. The number of likely N-dealkylation sites (tertiary alicyclic amines) is 1. The van der Waals surface area contributed by atoms with Crippen molar-refractivity contribution in [2.45, 2.75) is 26.3 Å². The molecule has 3 heterocycles. The number of amides is 1. The molecule has 0 saturated carbocycles. The van der Waals surface area contributed by atoms with E-state index in [1.54, 1.807) is 25.0 Å². The largest absolute Gasteiger partial charge is 0.496 e. The average molecular weight is 472 g/mol. The van der Waals surface area contributed by atoms with Crippen molar-refractivity contribution in [3.63, 3.8) is 0 Å². The zero-order valence-corrected chi connectivity index (χ0v) is 20.0. The van der Waals surface area contributed by atoms with E-state index in [9.17, 15) is 14.4 Å². The Morgan fingerprint density at radius 1 is 1.18 bits per heavy atom. The molecule has 1 amide bonds. The number of rotatable bonds is 8. The van der Waals surface area contributed by atoms with Gasteiger partial charge in [0.05, 0.1) is 41.9 Å². The second-order valence-corrected chi connectivity index (χ2v) is 9.55. The van der Waals surface area contributed by atoms with Gasteiger partial charge in [-0.3, -0.25) is 19.3 Å². The Hall–Kier alpha value is -2.62. The summed E-state index contributed by atoms with van der Waals surface area (Å²) in [5.41, 5.74) is 1.26. The Morgan fingerprint density at radius 2 is 1.91 bits per heavy atom. The number of aryl methyl sites for hydroxylation is 2. The van der Waals surface area contributed by atoms with E-state index < -0.39 is 23.7 Å². The van der Waals surface area contributed by atoms with E-state index in [-0.39, 0.29) is 5.78 Å². The van der Waals surface area contributed by atoms with Crippen LogP contribution in [0, 0.1) is 19.8 Å². The first-order valence-electron chi connectivity index (χ1n) is 11.2. The number of para-hydroxylation sites is 1. The second-order valence-electron chi connectivity index (χ2n) is 8.35. The smallest absolute Gasteiger partial charge is 0.291 e. The molecule has 1 aromatic heterocycles. The van der Waals surface area contributed by atoms with Crippen LogP contribution in [0.5, 0.6) is 5.75 Å². The van der Waals surface area contributed by atoms with E-state index >= 15 is 0 Å². The average Bonchev–Trinajstić information content (AvgIpc) is 3.29. The first kappa shape index (κ1) is 23.5. The fourth-order valence-corrected chi connectivity index (χ4v) is 5.57. The summed E-state index contributed by atoms with van der Waals surface area (Å²) in [5.74, 6) is -2.17. The molecule has 2 aliphatic heterocycles. The third-order valence-corrected chi connectivity index (χ3v) is 7.34. The van der Waals surface area contributed by atoms with Crippen molar-refractivity contribution in [2.24, 2.45) is 5.92 Å². The topological polar surface area (TPSA) is 89.0 Å². The van der Waals surface area contributed by atoms with Gasteiger partial charge in [-0.2, -0.15) is 0 Å². The van der Waals surface area contributed by atoms with Crippen LogP contribution in [0.1, 0.15) is 38.4 Å². The maximum atomic E-state index is 13.6. The number of aromatic nitrogens is 1. The van der Waals surface area contributed by atoms with E-state index in [0.29, 0.717) is 48.1 Å². The molecule has 0 spiro atoms.